The normalized spacial score (nSPS) is 12.8. The molecule has 0 rings (SSSR count). The summed E-state index contributed by atoms with van der Waals surface area (Å²) in [5, 5.41) is 0. The smallest absolute Gasteiger partial charge is 0.100 e. The minimum absolute atomic E-state index is 0.171. The van der Waals surface area contributed by atoms with Gasteiger partial charge in [0.15, 0.2) is 0 Å². The molecule has 0 radical (unpaired) electrons. The zero-order chi connectivity index (χ0) is 13.5. The minimum Gasteiger partial charge on any atom is -0.251 e. The highest BCUT2D eigenvalue weighted by Gasteiger charge is 2.05. The van der Waals surface area contributed by atoms with E-state index < -0.39 is 6.17 Å². The van der Waals surface area contributed by atoms with Gasteiger partial charge in [0, 0.05) is 0 Å². The van der Waals surface area contributed by atoms with E-state index in [1.54, 1.807) is 0 Å². The Bertz CT molecular complexity index is 148. The minimum atomic E-state index is -0.568. The van der Waals surface area contributed by atoms with Crippen LogP contribution in [0.5, 0.6) is 0 Å². The molecule has 0 nitrogen and oxygen atoms in total. The molecule has 1 atom stereocenters. The van der Waals surface area contributed by atoms with Gasteiger partial charge in [-0.05, 0) is 19.3 Å². The maximum Gasteiger partial charge on any atom is 0.100 e. The van der Waals surface area contributed by atoms with E-state index >= 15 is 0 Å². The molecule has 2 heteroatoms. The first-order valence-electron chi connectivity index (χ1n) is 8.01. The average molecular weight is 262 g/mol. The number of halogens is 2. The topological polar surface area (TPSA) is 0 Å². The lowest BCUT2D eigenvalue weighted by Crippen LogP contribution is -1.99. The van der Waals surface area contributed by atoms with Crippen LogP contribution < -0.4 is 0 Å². The molecular weight excluding hydrogens is 230 g/mol. The second-order valence-electron chi connectivity index (χ2n) is 5.40. The summed E-state index contributed by atoms with van der Waals surface area (Å²) in [7, 11) is 0. The molecule has 1 unspecified atom stereocenters. The van der Waals surface area contributed by atoms with Gasteiger partial charge in [-0.2, -0.15) is 0 Å². The van der Waals surface area contributed by atoms with Crippen molar-refractivity contribution in [2.75, 3.05) is 6.67 Å². The Morgan fingerprint density at radius 2 is 1.11 bits per heavy atom. The summed E-state index contributed by atoms with van der Waals surface area (Å²) < 4.78 is 25.2. The highest BCUT2D eigenvalue weighted by atomic mass is 19.1. The number of alkyl halides is 2. The molecule has 0 aromatic heterocycles. The Morgan fingerprint density at radius 3 is 1.61 bits per heavy atom. The van der Waals surface area contributed by atoms with E-state index in [2.05, 4.69) is 6.92 Å². The molecule has 18 heavy (non-hydrogen) atoms. The van der Waals surface area contributed by atoms with E-state index in [1.807, 2.05) is 0 Å². The lowest BCUT2D eigenvalue weighted by molar-refractivity contribution is 0.279. The fourth-order valence-electron chi connectivity index (χ4n) is 2.28. The Hall–Kier alpha value is -0.140. The van der Waals surface area contributed by atoms with E-state index in [9.17, 15) is 8.78 Å². The van der Waals surface area contributed by atoms with Crippen molar-refractivity contribution in [3.05, 3.63) is 0 Å². The molecule has 0 saturated heterocycles. The molecule has 0 N–H and O–H groups in total. The Balaban J connectivity index is 3.05. The molecule has 0 aromatic carbocycles. The summed E-state index contributed by atoms with van der Waals surface area (Å²) >= 11 is 0. The second-order valence-corrected chi connectivity index (χ2v) is 5.40. The van der Waals surface area contributed by atoms with Crippen LogP contribution in [-0.2, 0) is 0 Å². The van der Waals surface area contributed by atoms with Crippen molar-refractivity contribution in [1.82, 2.24) is 0 Å². The molecule has 0 aliphatic rings. The predicted molar refractivity (Wildman–Crippen MR) is 76.6 cm³/mol. The van der Waals surface area contributed by atoms with Gasteiger partial charge >= 0.3 is 0 Å². The second kappa shape index (κ2) is 14.9. The van der Waals surface area contributed by atoms with E-state index in [4.69, 9.17) is 0 Å². The fraction of sp³-hybridized carbons (Fsp3) is 1.00. The van der Waals surface area contributed by atoms with Gasteiger partial charge in [-0.3, -0.25) is 4.39 Å². The van der Waals surface area contributed by atoms with Gasteiger partial charge in [-0.25, -0.2) is 4.39 Å². The van der Waals surface area contributed by atoms with E-state index in [-0.39, 0.29) is 6.67 Å². The largest absolute Gasteiger partial charge is 0.251 e. The third-order valence-corrected chi connectivity index (χ3v) is 3.52. The van der Waals surface area contributed by atoms with E-state index in [0.29, 0.717) is 0 Å². The van der Waals surface area contributed by atoms with Crippen LogP contribution in [0, 0.1) is 0 Å². The molecule has 0 aromatic rings. The van der Waals surface area contributed by atoms with Crippen LogP contribution >= 0.6 is 0 Å². The molecule has 0 aliphatic heterocycles. The van der Waals surface area contributed by atoms with Crippen molar-refractivity contribution in [2.24, 2.45) is 0 Å². The molecule has 110 valence electrons. The lowest BCUT2D eigenvalue weighted by atomic mass is 10.0. The third-order valence-electron chi connectivity index (χ3n) is 3.52. The predicted octanol–water partition coefficient (Wildman–Crippen LogP) is 6.39. The summed E-state index contributed by atoms with van der Waals surface area (Å²) in [6.45, 7) is 1.98. The van der Waals surface area contributed by atoms with Gasteiger partial charge in [0.25, 0.3) is 0 Å². The maximum absolute atomic E-state index is 13.4. The highest BCUT2D eigenvalue weighted by molar-refractivity contribution is 4.57. The SMILES string of the molecule is CCCCCC(F)CCCCCCCCCCF. The first kappa shape index (κ1) is 17.9. The molecule has 0 spiro atoms. The van der Waals surface area contributed by atoms with E-state index in [1.165, 1.54) is 32.1 Å². The monoisotopic (exact) mass is 262 g/mol. The van der Waals surface area contributed by atoms with Crippen molar-refractivity contribution in [2.45, 2.75) is 96.6 Å². The van der Waals surface area contributed by atoms with Crippen LogP contribution in [0.1, 0.15) is 90.4 Å². The zero-order valence-electron chi connectivity index (χ0n) is 12.2. The Morgan fingerprint density at radius 1 is 0.667 bits per heavy atom. The first-order chi connectivity index (χ1) is 8.81. The van der Waals surface area contributed by atoms with Crippen LogP contribution in [0.4, 0.5) is 8.78 Å². The number of hydrogen-bond donors (Lipinski definition) is 0. The quantitative estimate of drug-likeness (QED) is 0.318. The van der Waals surface area contributed by atoms with Gasteiger partial charge in [-0.1, -0.05) is 71.1 Å². The van der Waals surface area contributed by atoms with Gasteiger partial charge < -0.3 is 0 Å². The number of rotatable bonds is 14. The molecule has 0 saturated carbocycles. The van der Waals surface area contributed by atoms with Crippen molar-refractivity contribution in [3.63, 3.8) is 0 Å². The molecular formula is C16H32F2. The van der Waals surface area contributed by atoms with Crippen molar-refractivity contribution in [3.8, 4) is 0 Å². The average Bonchev–Trinajstić information content (AvgIpc) is 2.37. The van der Waals surface area contributed by atoms with Gasteiger partial charge in [-0.15, -0.1) is 0 Å². The maximum atomic E-state index is 13.4. The molecule has 0 aliphatic carbocycles. The van der Waals surface area contributed by atoms with Crippen LogP contribution in [0.15, 0.2) is 0 Å². The molecule has 0 bridgehead atoms. The zero-order valence-corrected chi connectivity index (χ0v) is 12.2. The van der Waals surface area contributed by atoms with Crippen LogP contribution in [0.2, 0.25) is 0 Å². The van der Waals surface area contributed by atoms with Crippen molar-refractivity contribution in [1.29, 1.82) is 0 Å². The van der Waals surface area contributed by atoms with Crippen molar-refractivity contribution >= 4 is 0 Å². The highest BCUT2D eigenvalue weighted by Crippen LogP contribution is 2.15. The first-order valence-corrected chi connectivity index (χ1v) is 8.01. The molecule has 0 heterocycles. The van der Waals surface area contributed by atoms with Crippen LogP contribution in [-0.4, -0.2) is 12.8 Å². The number of unbranched alkanes of at least 4 members (excludes halogenated alkanes) is 9. The molecule has 0 fully saturated rings. The number of hydrogen-bond acceptors (Lipinski definition) is 0. The Kier molecular flexibility index (Phi) is 14.8. The third kappa shape index (κ3) is 13.9. The van der Waals surface area contributed by atoms with Gasteiger partial charge in [0.1, 0.15) is 6.17 Å². The summed E-state index contributed by atoms with van der Waals surface area (Å²) in [5.41, 5.74) is 0. The summed E-state index contributed by atoms with van der Waals surface area (Å²) in [6.07, 6.45) is 13.1. The van der Waals surface area contributed by atoms with E-state index in [0.717, 1.165) is 51.4 Å². The fourth-order valence-corrected chi connectivity index (χ4v) is 2.28. The standard InChI is InChI=1S/C16H32F2/c1-2-3-10-13-16(18)14-11-8-6-4-5-7-9-12-15-17/h16H,2-15H2,1H3. The molecule has 0 amide bonds. The summed E-state index contributed by atoms with van der Waals surface area (Å²) in [6, 6.07) is 0. The summed E-state index contributed by atoms with van der Waals surface area (Å²) in [5.74, 6) is 0. The summed E-state index contributed by atoms with van der Waals surface area (Å²) in [4.78, 5) is 0. The van der Waals surface area contributed by atoms with Crippen LogP contribution in [0.3, 0.4) is 0 Å². The van der Waals surface area contributed by atoms with Crippen molar-refractivity contribution < 1.29 is 8.78 Å². The van der Waals surface area contributed by atoms with Gasteiger partial charge in [0.05, 0.1) is 6.67 Å². The van der Waals surface area contributed by atoms with Crippen LogP contribution in [0.25, 0.3) is 0 Å². The van der Waals surface area contributed by atoms with Gasteiger partial charge in [0.2, 0.25) is 0 Å². The lowest BCUT2D eigenvalue weighted by Gasteiger charge is -2.07. The Labute approximate surface area is 113 Å².